The molecule has 0 unspecified atom stereocenters. The third-order valence-corrected chi connectivity index (χ3v) is 3.18. The Morgan fingerprint density at radius 1 is 1.09 bits per heavy atom. The van der Waals surface area contributed by atoms with Crippen LogP contribution in [0.3, 0.4) is 0 Å². The second-order valence-electron chi connectivity index (χ2n) is 1.73. The summed E-state index contributed by atoms with van der Waals surface area (Å²) in [5.74, 6) is 0.749. The standard InChI is InChI=1S/C4H10Cl3N2OP/c5-1-3-8-11(7,10)9-4-2-6/h1-4H2,(H2,8,9,10). The number of rotatable bonds is 6. The van der Waals surface area contributed by atoms with Crippen LogP contribution in [0, 0.1) is 0 Å². The molecule has 0 spiro atoms. The molecule has 0 saturated carbocycles. The molecule has 0 aromatic carbocycles. The smallest absolute Gasteiger partial charge is 0.271 e. The average Bonchev–Trinajstić information content (AvgIpc) is 1.97. The molecular weight excluding hydrogens is 229 g/mol. The van der Waals surface area contributed by atoms with Crippen LogP contribution in [-0.4, -0.2) is 24.8 Å². The lowest BCUT2D eigenvalue weighted by Gasteiger charge is -2.11. The van der Waals surface area contributed by atoms with Crippen LogP contribution >= 0.6 is 41.2 Å². The van der Waals surface area contributed by atoms with Crippen molar-refractivity contribution in [3.63, 3.8) is 0 Å². The molecule has 68 valence electrons. The van der Waals surface area contributed by atoms with Gasteiger partial charge < -0.3 is 0 Å². The van der Waals surface area contributed by atoms with Crippen LogP contribution in [0.5, 0.6) is 0 Å². The summed E-state index contributed by atoms with van der Waals surface area (Å²) >= 11 is 16.2. The van der Waals surface area contributed by atoms with E-state index in [0.717, 1.165) is 0 Å². The van der Waals surface area contributed by atoms with E-state index < -0.39 is 6.80 Å². The van der Waals surface area contributed by atoms with Gasteiger partial charge in [-0.2, -0.15) is 0 Å². The highest BCUT2D eigenvalue weighted by atomic mass is 35.7. The Balaban J connectivity index is 3.53. The topological polar surface area (TPSA) is 41.1 Å². The molecular formula is C4H10Cl3N2OP. The summed E-state index contributed by atoms with van der Waals surface area (Å²) in [4.78, 5) is 0. The molecule has 7 heteroatoms. The summed E-state index contributed by atoms with van der Waals surface area (Å²) in [6.45, 7) is -2.09. The molecule has 0 aromatic heterocycles. The Kier molecular flexibility index (Phi) is 7.13. The van der Waals surface area contributed by atoms with E-state index in [4.69, 9.17) is 34.4 Å². The number of halogens is 3. The van der Waals surface area contributed by atoms with Gasteiger partial charge in [0, 0.05) is 24.8 Å². The van der Waals surface area contributed by atoms with Crippen LogP contribution in [-0.2, 0) is 4.57 Å². The number of hydrogen-bond donors (Lipinski definition) is 2. The van der Waals surface area contributed by atoms with Gasteiger partial charge in [-0.25, -0.2) is 10.2 Å². The molecule has 0 rings (SSSR count). The van der Waals surface area contributed by atoms with Gasteiger partial charge in [-0.05, 0) is 11.2 Å². The Bertz CT molecular complexity index is 133. The fourth-order valence-electron chi connectivity index (χ4n) is 0.428. The highest BCUT2D eigenvalue weighted by molar-refractivity contribution is 7.86. The fraction of sp³-hybridized carbons (Fsp3) is 1.00. The minimum atomic E-state index is -2.92. The van der Waals surface area contributed by atoms with Crippen molar-refractivity contribution in [3.05, 3.63) is 0 Å². The molecule has 0 amide bonds. The lowest BCUT2D eigenvalue weighted by Crippen LogP contribution is -2.22. The molecule has 0 aliphatic heterocycles. The summed E-state index contributed by atoms with van der Waals surface area (Å²) in [7, 11) is 0. The lowest BCUT2D eigenvalue weighted by atomic mass is 10.8. The minimum absolute atomic E-state index is 0.374. The lowest BCUT2D eigenvalue weighted by molar-refractivity contribution is 0.568. The maximum absolute atomic E-state index is 11.2. The van der Waals surface area contributed by atoms with E-state index in [0.29, 0.717) is 24.8 Å². The first-order valence-electron chi connectivity index (χ1n) is 3.04. The van der Waals surface area contributed by atoms with Gasteiger partial charge in [0.05, 0.1) is 0 Å². The van der Waals surface area contributed by atoms with Crippen LogP contribution in [0.25, 0.3) is 0 Å². The third-order valence-electron chi connectivity index (χ3n) is 0.819. The van der Waals surface area contributed by atoms with Crippen molar-refractivity contribution < 1.29 is 4.57 Å². The first-order chi connectivity index (χ1) is 5.12. The summed E-state index contributed by atoms with van der Waals surface area (Å²) in [6, 6.07) is 0. The molecule has 0 radical (unpaired) electrons. The quantitative estimate of drug-likeness (QED) is 0.550. The van der Waals surface area contributed by atoms with E-state index in [-0.39, 0.29) is 0 Å². The van der Waals surface area contributed by atoms with Crippen LogP contribution in [0.15, 0.2) is 0 Å². The van der Waals surface area contributed by atoms with Crippen LogP contribution in [0.1, 0.15) is 0 Å². The highest BCUT2D eigenvalue weighted by Crippen LogP contribution is 2.40. The molecule has 0 atom stereocenters. The van der Waals surface area contributed by atoms with E-state index in [9.17, 15) is 4.57 Å². The van der Waals surface area contributed by atoms with Crippen molar-refractivity contribution in [1.29, 1.82) is 0 Å². The predicted molar refractivity (Wildman–Crippen MR) is 50.9 cm³/mol. The summed E-state index contributed by atoms with van der Waals surface area (Å²) in [5.41, 5.74) is 0. The van der Waals surface area contributed by atoms with E-state index in [1.54, 1.807) is 0 Å². The van der Waals surface area contributed by atoms with Crippen molar-refractivity contribution in [2.24, 2.45) is 0 Å². The van der Waals surface area contributed by atoms with E-state index in [2.05, 4.69) is 10.2 Å². The molecule has 3 nitrogen and oxygen atoms in total. The molecule has 0 heterocycles. The van der Waals surface area contributed by atoms with Gasteiger partial charge in [0.2, 0.25) is 0 Å². The Morgan fingerprint density at radius 2 is 1.45 bits per heavy atom. The molecule has 0 aliphatic rings. The largest absolute Gasteiger partial charge is 0.299 e. The molecule has 0 saturated heterocycles. The molecule has 0 bridgehead atoms. The summed E-state index contributed by atoms with van der Waals surface area (Å²) < 4.78 is 11.2. The summed E-state index contributed by atoms with van der Waals surface area (Å²) in [5, 5.41) is 5.13. The second-order valence-corrected chi connectivity index (χ2v) is 5.61. The van der Waals surface area contributed by atoms with Crippen molar-refractivity contribution in [3.8, 4) is 0 Å². The molecule has 0 fully saturated rings. The second kappa shape index (κ2) is 6.53. The van der Waals surface area contributed by atoms with Gasteiger partial charge in [-0.3, -0.25) is 4.57 Å². The van der Waals surface area contributed by atoms with Gasteiger partial charge in [0.25, 0.3) is 6.80 Å². The van der Waals surface area contributed by atoms with Gasteiger partial charge in [-0.15, -0.1) is 23.2 Å². The van der Waals surface area contributed by atoms with Crippen molar-refractivity contribution >= 4 is 41.2 Å². The van der Waals surface area contributed by atoms with Crippen molar-refractivity contribution in [2.75, 3.05) is 24.8 Å². The third kappa shape index (κ3) is 7.38. The van der Waals surface area contributed by atoms with Gasteiger partial charge in [-0.1, -0.05) is 0 Å². The van der Waals surface area contributed by atoms with Gasteiger partial charge >= 0.3 is 0 Å². The minimum Gasteiger partial charge on any atom is -0.271 e. The SMILES string of the molecule is O=P(Cl)(NCCCl)NCCCl. The number of hydrogen-bond acceptors (Lipinski definition) is 1. The normalized spacial score (nSPS) is 11.9. The zero-order valence-electron chi connectivity index (χ0n) is 5.82. The predicted octanol–water partition coefficient (Wildman–Crippen LogP) is 1.99. The van der Waals surface area contributed by atoms with Crippen LogP contribution in [0.2, 0.25) is 0 Å². The van der Waals surface area contributed by atoms with Crippen molar-refractivity contribution in [1.82, 2.24) is 10.2 Å². The Hall–Kier alpha value is 1.02. The number of alkyl halides is 2. The Labute approximate surface area is 81.0 Å². The average molecular weight is 239 g/mol. The maximum atomic E-state index is 11.2. The van der Waals surface area contributed by atoms with E-state index in [1.807, 2.05) is 0 Å². The monoisotopic (exact) mass is 238 g/mol. The number of nitrogens with one attached hydrogen (secondary N) is 2. The van der Waals surface area contributed by atoms with Crippen LogP contribution < -0.4 is 10.2 Å². The zero-order valence-corrected chi connectivity index (χ0v) is 8.98. The molecule has 11 heavy (non-hydrogen) atoms. The van der Waals surface area contributed by atoms with E-state index in [1.165, 1.54) is 0 Å². The zero-order chi connectivity index (χ0) is 8.74. The highest BCUT2D eigenvalue weighted by Gasteiger charge is 2.14. The van der Waals surface area contributed by atoms with Crippen molar-refractivity contribution in [2.45, 2.75) is 0 Å². The molecule has 0 aliphatic carbocycles. The van der Waals surface area contributed by atoms with E-state index >= 15 is 0 Å². The first kappa shape index (κ1) is 12.0. The first-order valence-corrected chi connectivity index (χ1v) is 6.72. The fourth-order valence-corrected chi connectivity index (χ4v) is 2.30. The Morgan fingerprint density at radius 3 is 1.73 bits per heavy atom. The van der Waals surface area contributed by atoms with Gasteiger partial charge in [0.15, 0.2) is 0 Å². The van der Waals surface area contributed by atoms with Crippen LogP contribution in [0.4, 0.5) is 0 Å². The maximum Gasteiger partial charge on any atom is 0.299 e. The van der Waals surface area contributed by atoms with Gasteiger partial charge in [0.1, 0.15) is 0 Å². The molecule has 2 N–H and O–H groups in total. The molecule has 0 aromatic rings. The summed E-state index contributed by atoms with van der Waals surface area (Å²) in [6.07, 6.45) is 0.